The van der Waals surface area contributed by atoms with Crippen molar-refractivity contribution in [2.24, 2.45) is 28.8 Å². The zero-order chi connectivity index (χ0) is 38.6. The van der Waals surface area contributed by atoms with Gasteiger partial charge in [0.1, 0.15) is 24.7 Å². The molecule has 0 saturated heterocycles. The molecule has 9 nitrogen and oxygen atoms in total. The number of hydrogen-bond acceptors (Lipinski definition) is 9. The average Bonchev–Trinajstić information content (AvgIpc) is 3.74. The summed E-state index contributed by atoms with van der Waals surface area (Å²) >= 11 is 1.77. The van der Waals surface area contributed by atoms with Crippen molar-refractivity contribution in [3.8, 4) is 11.5 Å². The maximum Gasteiger partial charge on any atom is 0.239 e. The predicted octanol–water partition coefficient (Wildman–Crippen LogP) is 8.55. The Morgan fingerprint density at radius 3 is 2.55 bits per heavy atom. The van der Waals surface area contributed by atoms with Crippen LogP contribution in [0, 0.1) is 23.7 Å². The molecule has 300 valence electrons. The highest BCUT2D eigenvalue weighted by Gasteiger charge is 2.65. The summed E-state index contributed by atoms with van der Waals surface area (Å²) in [7, 11) is 3.48. The lowest BCUT2D eigenvalue weighted by molar-refractivity contribution is -0.255. The van der Waals surface area contributed by atoms with Crippen LogP contribution in [0.15, 0.2) is 82.9 Å². The number of rotatable bonds is 21. The number of amides is 1. The molecule has 2 fully saturated rings. The van der Waals surface area contributed by atoms with Crippen LogP contribution in [0.25, 0.3) is 0 Å². The number of aliphatic hydroxyl groups excluding tert-OH is 2. The molecular weight excluding hydrogens is 713 g/mol. The molecule has 1 heterocycles. The van der Waals surface area contributed by atoms with Crippen LogP contribution >= 0.6 is 11.8 Å². The summed E-state index contributed by atoms with van der Waals surface area (Å²) in [5.41, 5.74) is 2.92. The van der Waals surface area contributed by atoms with E-state index >= 15 is 0 Å². The van der Waals surface area contributed by atoms with Crippen molar-refractivity contribution in [3.63, 3.8) is 0 Å². The van der Waals surface area contributed by atoms with Gasteiger partial charge in [0.25, 0.3) is 0 Å². The molecule has 1 amide bonds. The molecular formula is C45H62N2O7S. The topological polar surface area (TPSA) is 110 Å². The normalized spacial score (nSPS) is 26.4. The zero-order valence-electron chi connectivity index (χ0n) is 32.9. The number of fused-ring (bicyclic) bond motifs is 2. The van der Waals surface area contributed by atoms with E-state index in [2.05, 4.69) is 48.1 Å². The minimum atomic E-state index is -1.22. The molecule has 1 aliphatic heterocycles. The number of nitrogens with zero attached hydrogens (tertiary/aromatic N) is 2. The number of likely N-dealkylation sites (N-methyl/N-ethyl adjacent to an activating group) is 1. The molecule has 2 aromatic carbocycles. The first-order valence-corrected chi connectivity index (χ1v) is 21.6. The van der Waals surface area contributed by atoms with Gasteiger partial charge in [-0.05, 0) is 85.8 Å². The zero-order valence-corrected chi connectivity index (χ0v) is 33.7. The number of oxime groups is 1. The quantitative estimate of drug-likeness (QED) is 0.0563. The molecule has 0 bridgehead atoms. The Bertz CT molecular complexity index is 1610. The largest absolute Gasteiger partial charge is 0.493 e. The van der Waals surface area contributed by atoms with Crippen LogP contribution in [-0.2, 0) is 14.4 Å². The van der Waals surface area contributed by atoms with E-state index in [4.69, 9.17) is 19.0 Å². The second kappa shape index (κ2) is 20.2. The van der Waals surface area contributed by atoms with Crippen molar-refractivity contribution in [1.29, 1.82) is 0 Å². The second-order valence-corrected chi connectivity index (χ2v) is 16.8. The van der Waals surface area contributed by atoms with E-state index in [9.17, 15) is 15.0 Å². The third kappa shape index (κ3) is 9.63. The van der Waals surface area contributed by atoms with Crippen LogP contribution in [0.5, 0.6) is 11.5 Å². The molecule has 0 radical (unpaired) electrons. The van der Waals surface area contributed by atoms with E-state index in [1.165, 1.54) is 30.6 Å². The number of aliphatic hydroxyl groups is 2. The summed E-state index contributed by atoms with van der Waals surface area (Å²) in [6.45, 7) is 5.12. The van der Waals surface area contributed by atoms with Crippen LogP contribution in [0.4, 0.5) is 0 Å². The molecule has 0 aromatic heterocycles. The molecule has 2 N–H and O–H groups in total. The average molecular weight is 775 g/mol. The standard InChI is InChI=1S/C45H62N2O7S/c1-4-26-53-45-41(47(2)42(50)23-20-32-14-8-9-15-32)31-39(46-51-3)37-29-33(16-10-12-24-48)36(19-11-13-25-49)43(44(37)45)38-30-34(21-22-40(38)54-45)52-27-28-55-35-17-6-5-7-18-35/h4-7,17-18,21-22,29-30,32-33,36,41,43-44,48-49H,1,8-16,19-20,23-28,31H2,2-3H3/t33-,36+,41-,43+,44+,45+/m0/s1. The van der Waals surface area contributed by atoms with Gasteiger partial charge >= 0.3 is 0 Å². The van der Waals surface area contributed by atoms with Gasteiger partial charge in [0.05, 0.1) is 24.8 Å². The van der Waals surface area contributed by atoms with Crippen LogP contribution in [0.2, 0.25) is 0 Å². The van der Waals surface area contributed by atoms with Gasteiger partial charge in [-0.2, -0.15) is 0 Å². The van der Waals surface area contributed by atoms with Crippen molar-refractivity contribution in [1.82, 2.24) is 4.90 Å². The minimum absolute atomic E-state index is 0.0690. The Labute approximate surface area is 332 Å². The number of allylic oxidation sites excluding steroid dienone is 1. The van der Waals surface area contributed by atoms with Crippen LogP contribution in [0.1, 0.15) is 95.0 Å². The fraction of sp³-hybridized carbons (Fsp3) is 0.600. The molecule has 4 aliphatic rings. The monoisotopic (exact) mass is 774 g/mol. The van der Waals surface area contributed by atoms with E-state index in [-0.39, 0.29) is 49.4 Å². The maximum atomic E-state index is 14.2. The van der Waals surface area contributed by atoms with Gasteiger partial charge < -0.3 is 34.2 Å². The van der Waals surface area contributed by atoms with Gasteiger partial charge in [-0.25, -0.2) is 0 Å². The highest BCUT2D eigenvalue weighted by atomic mass is 32.2. The van der Waals surface area contributed by atoms with Crippen molar-refractivity contribution in [3.05, 3.63) is 78.4 Å². The molecule has 0 unspecified atom stereocenters. The first-order valence-electron chi connectivity index (χ1n) is 20.6. The van der Waals surface area contributed by atoms with Gasteiger partial charge in [0, 0.05) is 55.2 Å². The molecule has 55 heavy (non-hydrogen) atoms. The second-order valence-electron chi connectivity index (χ2n) is 15.7. The minimum Gasteiger partial charge on any atom is -0.493 e. The third-order valence-electron chi connectivity index (χ3n) is 12.3. The smallest absolute Gasteiger partial charge is 0.239 e. The van der Waals surface area contributed by atoms with Gasteiger partial charge in [-0.15, -0.1) is 18.3 Å². The van der Waals surface area contributed by atoms with E-state index in [0.29, 0.717) is 25.4 Å². The van der Waals surface area contributed by atoms with Crippen molar-refractivity contribution >= 4 is 23.4 Å². The summed E-state index contributed by atoms with van der Waals surface area (Å²) in [5.74, 6) is 1.78. The fourth-order valence-electron chi connectivity index (χ4n) is 9.74. The lowest BCUT2D eigenvalue weighted by Crippen LogP contribution is -2.69. The lowest BCUT2D eigenvalue weighted by Gasteiger charge is -2.59. The number of carbonyl (C=O) groups excluding carboxylic acids is 1. The highest BCUT2D eigenvalue weighted by Crippen LogP contribution is 2.61. The van der Waals surface area contributed by atoms with Crippen LogP contribution < -0.4 is 9.47 Å². The highest BCUT2D eigenvalue weighted by molar-refractivity contribution is 7.99. The molecule has 6 rings (SSSR count). The number of hydrogen-bond donors (Lipinski definition) is 2. The fourth-order valence-corrected chi connectivity index (χ4v) is 10.5. The Hall–Kier alpha value is -3.31. The van der Waals surface area contributed by atoms with Gasteiger partial charge in [0.2, 0.25) is 11.7 Å². The summed E-state index contributed by atoms with van der Waals surface area (Å²) in [5, 5.41) is 24.3. The summed E-state index contributed by atoms with van der Waals surface area (Å²) < 4.78 is 20.7. The van der Waals surface area contributed by atoms with E-state index in [1.54, 1.807) is 24.9 Å². The Morgan fingerprint density at radius 1 is 1.05 bits per heavy atom. The first-order chi connectivity index (χ1) is 26.9. The van der Waals surface area contributed by atoms with Crippen molar-refractivity contribution in [2.75, 3.05) is 46.3 Å². The Balaban J connectivity index is 1.42. The third-order valence-corrected chi connectivity index (χ3v) is 13.3. The van der Waals surface area contributed by atoms with Gasteiger partial charge in [-0.1, -0.05) is 74.0 Å². The van der Waals surface area contributed by atoms with Crippen molar-refractivity contribution < 1.29 is 34.1 Å². The van der Waals surface area contributed by atoms with E-state index in [0.717, 1.165) is 79.0 Å². The summed E-state index contributed by atoms with van der Waals surface area (Å²) in [6, 6.07) is 16.0. The summed E-state index contributed by atoms with van der Waals surface area (Å²) in [6.07, 6.45) is 15.8. The number of carbonyl (C=O) groups is 1. The Morgan fingerprint density at radius 2 is 1.82 bits per heavy atom. The maximum absolute atomic E-state index is 14.2. The van der Waals surface area contributed by atoms with Crippen LogP contribution in [-0.4, -0.2) is 84.9 Å². The predicted molar refractivity (Wildman–Crippen MR) is 219 cm³/mol. The number of ether oxygens (including phenoxy) is 3. The number of unbranched alkanes of at least 4 members (excludes halogenated alkanes) is 2. The summed E-state index contributed by atoms with van der Waals surface area (Å²) in [4.78, 5) is 22.8. The molecule has 10 heteroatoms. The molecule has 6 atom stereocenters. The van der Waals surface area contributed by atoms with Gasteiger partial charge in [0.15, 0.2) is 0 Å². The van der Waals surface area contributed by atoms with Crippen molar-refractivity contribution in [2.45, 2.75) is 106 Å². The van der Waals surface area contributed by atoms with Gasteiger partial charge in [-0.3, -0.25) is 4.79 Å². The molecule has 2 saturated carbocycles. The number of thioether (sulfide) groups is 1. The SMILES string of the molecule is C=CCO[C@@]12Oc3ccc(OCCSc4ccccc4)cc3[C@H]3[C@H](CCCCO)[C@@H](CCCCO)C=C(C(=NOC)C[C@@H]1N(C)C(=O)CCC1CCCC1)[C@H]32. The molecule has 2 aromatic rings. The number of benzene rings is 2. The first kappa shape index (κ1) is 41.3. The van der Waals surface area contributed by atoms with E-state index in [1.807, 2.05) is 30.1 Å². The van der Waals surface area contributed by atoms with E-state index < -0.39 is 11.8 Å². The molecule has 3 aliphatic carbocycles. The molecule has 0 spiro atoms. The Kier molecular flexibility index (Phi) is 15.2. The lowest BCUT2D eigenvalue weighted by atomic mass is 9.55. The van der Waals surface area contributed by atoms with Crippen LogP contribution in [0.3, 0.4) is 0 Å².